The van der Waals surface area contributed by atoms with Crippen LogP contribution in [0, 0.1) is 5.82 Å². The molecule has 5 heteroatoms. The van der Waals surface area contributed by atoms with Gasteiger partial charge in [0.15, 0.2) is 0 Å². The molecule has 1 fully saturated rings. The average Bonchev–Trinajstić information content (AvgIpc) is 2.84. The van der Waals surface area contributed by atoms with Crippen molar-refractivity contribution in [3.63, 3.8) is 0 Å². The minimum Gasteiger partial charge on any atom is -0.356 e. The Morgan fingerprint density at radius 1 is 1.33 bits per heavy atom. The van der Waals surface area contributed by atoms with Crippen LogP contribution < -0.4 is 5.32 Å². The van der Waals surface area contributed by atoms with Crippen LogP contribution in [0.1, 0.15) is 38.3 Å². The summed E-state index contributed by atoms with van der Waals surface area (Å²) >= 11 is 0. The number of likely N-dealkylation sites (tertiary alicyclic amines) is 1. The molecule has 1 aliphatic rings. The zero-order valence-electron chi connectivity index (χ0n) is 14.5. The first-order chi connectivity index (χ1) is 11.5. The van der Waals surface area contributed by atoms with E-state index in [0.717, 1.165) is 37.0 Å². The molecule has 24 heavy (non-hydrogen) atoms. The van der Waals surface area contributed by atoms with Gasteiger partial charge in [0.25, 0.3) is 0 Å². The summed E-state index contributed by atoms with van der Waals surface area (Å²) in [6, 6.07) is 7.56. The van der Waals surface area contributed by atoms with Gasteiger partial charge in [0.1, 0.15) is 5.82 Å². The lowest BCUT2D eigenvalue weighted by molar-refractivity contribution is -0.119. The quantitative estimate of drug-likeness (QED) is 0.913. The molecule has 1 aliphatic heterocycles. The highest BCUT2D eigenvalue weighted by Gasteiger charge is 2.23. The molecule has 4 nitrogen and oxygen atoms in total. The van der Waals surface area contributed by atoms with Crippen LogP contribution >= 0.6 is 0 Å². The van der Waals surface area contributed by atoms with Crippen molar-refractivity contribution >= 4 is 16.8 Å². The van der Waals surface area contributed by atoms with Gasteiger partial charge in [-0.05, 0) is 50.1 Å². The summed E-state index contributed by atoms with van der Waals surface area (Å²) in [5, 5.41) is 3.86. The normalized spacial score (nSPS) is 18.9. The van der Waals surface area contributed by atoms with Gasteiger partial charge in [-0.2, -0.15) is 0 Å². The van der Waals surface area contributed by atoms with Gasteiger partial charge in [-0.3, -0.25) is 9.69 Å². The maximum Gasteiger partial charge on any atom is 0.216 e. The molecule has 1 saturated heterocycles. The smallest absolute Gasteiger partial charge is 0.216 e. The first-order valence-electron chi connectivity index (χ1n) is 8.77. The minimum atomic E-state index is -0.189. The van der Waals surface area contributed by atoms with Crippen LogP contribution in [0.5, 0.6) is 0 Å². The van der Waals surface area contributed by atoms with Crippen molar-refractivity contribution in [2.75, 3.05) is 13.1 Å². The van der Waals surface area contributed by atoms with E-state index in [1.54, 1.807) is 13.0 Å². The summed E-state index contributed by atoms with van der Waals surface area (Å²) in [6.07, 6.45) is 4.63. The van der Waals surface area contributed by atoms with Crippen LogP contribution in [0.3, 0.4) is 0 Å². The molecule has 1 aromatic heterocycles. The maximum absolute atomic E-state index is 13.4. The number of carbonyl (C=O) groups is 1. The number of benzene rings is 1. The molecule has 1 aromatic carbocycles. The number of piperidine rings is 1. The average molecular weight is 331 g/mol. The van der Waals surface area contributed by atoms with Gasteiger partial charge in [-0.1, -0.05) is 6.42 Å². The van der Waals surface area contributed by atoms with Crippen molar-refractivity contribution in [2.45, 2.75) is 45.2 Å². The number of fused-ring (bicyclic) bond motifs is 1. The van der Waals surface area contributed by atoms with Crippen molar-refractivity contribution in [3.8, 4) is 0 Å². The Kier molecular flexibility index (Phi) is 5.19. The topological polar surface area (TPSA) is 37.3 Å². The largest absolute Gasteiger partial charge is 0.356 e. The van der Waals surface area contributed by atoms with Crippen LogP contribution in [0.4, 0.5) is 4.39 Å². The van der Waals surface area contributed by atoms with Gasteiger partial charge in [0.05, 0.1) is 0 Å². The van der Waals surface area contributed by atoms with Crippen molar-refractivity contribution in [1.82, 2.24) is 14.8 Å². The fourth-order valence-electron chi connectivity index (χ4n) is 3.75. The second kappa shape index (κ2) is 7.34. The van der Waals surface area contributed by atoms with Crippen LogP contribution in [-0.4, -0.2) is 34.5 Å². The highest BCUT2D eigenvalue weighted by Crippen LogP contribution is 2.25. The molecular weight excluding hydrogens is 305 g/mol. The summed E-state index contributed by atoms with van der Waals surface area (Å²) < 4.78 is 15.6. The Hall–Kier alpha value is -1.88. The van der Waals surface area contributed by atoms with E-state index in [1.807, 2.05) is 13.1 Å². The Morgan fingerprint density at radius 3 is 2.96 bits per heavy atom. The molecular formula is C19H26FN3O. The number of nitrogens with zero attached hydrogens (tertiary/aromatic N) is 2. The Labute approximate surface area is 142 Å². The highest BCUT2D eigenvalue weighted by molar-refractivity contribution is 5.81. The van der Waals surface area contributed by atoms with Crippen molar-refractivity contribution < 1.29 is 9.18 Å². The summed E-state index contributed by atoms with van der Waals surface area (Å²) in [6.45, 7) is 4.25. The van der Waals surface area contributed by atoms with Crippen molar-refractivity contribution in [3.05, 3.63) is 35.8 Å². The Balaban J connectivity index is 1.72. The molecule has 0 spiro atoms. The standard InChI is InChI=1S/C19H26FN3O/c1-14(24)21-9-8-17-5-3-4-10-23(17)13-18-12-15-11-16(20)6-7-19(15)22(18)2/h6-7,11-12,17H,3-5,8-10,13H2,1-2H3,(H,21,24)/t17-/m0/s1. The second-order valence-electron chi connectivity index (χ2n) is 6.79. The second-order valence-corrected chi connectivity index (χ2v) is 6.79. The lowest BCUT2D eigenvalue weighted by Gasteiger charge is -2.36. The number of carbonyl (C=O) groups excluding carboxylic acids is 1. The van der Waals surface area contributed by atoms with Crippen LogP contribution in [0.15, 0.2) is 24.3 Å². The molecule has 3 rings (SSSR count). The van der Waals surface area contributed by atoms with E-state index >= 15 is 0 Å². The molecule has 0 aliphatic carbocycles. The van der Waals surface area contributed by atoms with Gasteiger partial charge in [-0.15, -0.1) is 0 Å². The highest BCUT2D eigenvalue weighted by atomic mass is 19.1. The fraction of sp³-hybridized carbons (Fsp3) is 0.526. The zero-order valence-corrected chi connectivity index (χ0v) is 14.5. The number of halogens is 1. The van der Waals surface area contributed by atoms with Gasteiger partial charge in [0.2, 0.25) is 5.91 Å². The number of aryl methyl sites for hydroxylation is 1. The Morgan fingerprint density at radius 2 is 2.17 bits per heavy atom. The van der Waals surface area contributed by atoms with E-state index in [4.69, 9.17) is 0 Å². The minimum absolute atomic E-state index is 0.0353. The molecule has 1 atom stereocenters. The van der Waals surface area contributed by atoms with E-state index in [-0.39, 0.29) is 11.7 Å². The number of hydrogen-bond acceptors (Lipinski definition) is 2. The van der Waals surface area contributed by atoms with E-state index in [0.29, 0.717) is 6.04 Å². The van der Waals surface area contributed by atoms with E-state index in [9.17, 15) is 9.18 Å². The van der Waals surface area contributed by atoms with Crippen LogP contribution in [0.2, 0.25) is 0 Å². The first kappa shape index (κ1) is 17.0. The number of hydrogen-bond donors (Lipinski definition) is 1. The number of nitrogens with one attached hydrogen (secondary N) is 1. The summed E-state index contributed by atoms with van der Waals surface area (Å²) in [5.74, 6) is -0.154. The Bertz CT molecular complexity index is 725. The van der Waals surface area contributed by atoms with E-state index in [2.05, 4.69) is 20.9 Å². The van der Waals surface area contributed by atoms with Gasteiger partial charge in [0, 0.05) is 49.7 Å². The molecule has 0 bridgehead atoms. The zero-order chi connectivity index (χ0) is 17.1. The third-order valence-corrected chi connectivity index (χ3v) is 5.07. The molecule has 130 valence electrons. The SMILES string of the molecule is CC(=O)NCC[C@@H]1CCCCN1Cc1cc2cc(F)ccc2n1C. The first-order valence-corrected chi connectivity index (χ1v) is 8.77. The maximum atomic E-state index is 13.4. The summed E-state index contributed by atoms with van der Waals surface area (Å²) in [5.41, 5.74) is 2.28. The summed E-state index contributed by atoms with van der Waals surface area (Å²) in [4.78, 5) is 13.6. The number of rotatable bonds is 5. The molecule has 0 unspecified atom stereocenters. The molecule has 1 amide bonds. The molecule has 0 saturated carbocycles. The lowest BCUT2D eigenvalue weighted by Crippen LogP contribution is -2.41. The molecule has 2 heterocycles. The van der Waals surface area contributed by atoms with Gasteiger partial charge in [-0.25, -0.2) is 4.39 Å². The molecule has 1 N–H and O–H groups in total. The van der Waals surface area contributed by atoms with E-state index in [1.165, 1.54) is 31.0 Å². The third kappa shape index (κ3) is 3.78. The van der Waals surface area contributed by atoms with E-state index < -0.39 is 0 Å². The van der Waals surface area contributed by atoms with Gasteiger partial charge >= 0.3 is 0 Å². The molecule has 0 radical (unpaired) electrons. The molecule has 2 aromatic rings. The van der Waals surface area contributed by atoms with Crippen molar-refractivity contribution in [1.29, 1.82) is 0 Å². The van der Waals surface area contributed by atoms with Gasteiger partial charge < -0.3 is 9.88 Å². The number of aromatic nitrogens is 1. The predicted molar refractivity (Wildman–Crippen MR) is 94.2 cm³/mol. The third-order valence-electron chi connectivity index (χ3n) is 5.07. The number of amides is 1. The monoisotopic (exact) mass is 331 g/mol. The van der Waals surface area contributed by atoms with Crippen LogP contribution in [-0.2, 0) is 18.4 Å². The predicted octanol–water partition coefficient (Wildman–Crippen LogP) is 3.20. The summed E-state index contributed by atoms with van der Waals surface area (Å²) in [7, 11) is 2.05. The fourth-order valence-corrected chi connectivity index (χ4v) is 3.75. The lowest BCUT2D eigenvalue weighted by atomic mass is 9.99. The van der Waals surface area contributed by atoms with Crippen LogP contribution in [0.25, 0.3) is 10.9 Å². The van der Waals surface area contributed by atoms with Crippen molar-refractivity contribution in [2.24, 2.45) is 7.05 Å².